The van der Waals surface area contributed by atoms with Crippen molar-refractivity contribution in [3.05, 3.63) is 24.3 Å². The molecule has 1 atom stereocenters. The maximum atomic E-state index is 12.9. The van der Waals surface area contributed by atoms with E-state index in [1.165, 1.54) is 47.3 Å². The molecule has 1 saturated carbocycles. The number of nitrogens with one attached hydrogen (secondary N) is 1. The van der Waals surface area contributed by atoms with E-state index in [0.29, 0.717) is 18.2 Å². The Bertz CT molecular complexity index is 877. The molecule has 1 saturated heterocycles. The molecule has 0 radical (unpaired) electrons. The fourth-order valence-corrected chi connectivity index (χ4v) is 6.71. The minimum Gasteiger partial charge on any atom is -0.354 e. The Labute approximate surface area is 158 Å². The first-order valence-corrected chi connectivity index (χ1v) is 12.7. The van der Waals surface area contributed by atoms with E-state index >= 15 is 0 Å². The first-order chi connectivity index (χ1) is 12.3. The van der Waals surface area contributed by atoms with E-state index in [0.717, 1.165) is 12.8 Å². The average Bonchev–Trinajstić information content (AvgIpc) is 3.32. The molecule has 10 heteroatoms. The van der Waals surface area contributed by atoms with Crippen LogP contribution in [0.15, 0.2) is 34.1 Å². The first kappa shape index (κ1) is 19.7. The third-order valence-electron chi connectivity index (χ3n) is 4.58. The molecule has 26 heavy (non-hydrogen) atoms. The normalized spacial score (nSPS) is 21.7. The van der Waals surface area contributed by atoms with Crippen LogP contribution in [0.25, 0.3) is 0 Å². The number of carbonyl (C=O) groups is 1. The molecule has 2 aliphatic rings. The highest BCUT2D eigenvalue weighted by Gasteiger charge is 2.40. The number of hydrogen-bond acceptors (Lipinski definition) is 6. The van der Waals surface area contributed by atoms with Crippen LogP contribution < -0.4 is 5.32 Å². The van der Waals surface area contributed by atoms with Crippen LogP contribution >= 0.6 is 11.8 Å². The molecule has 1 aromatic carbocycles. The van der Waals surface area contributed by atoms with Crippen LogP contribution in [0.2, 0.25) is 0 Å². The molecule has 3 rings (SSSR count). The first-order valence-electron chi connectivity index (χ1n) is 8.46. The molecule has 0 spiro atoms. The Morgan fingerprint density at radius 3 is 2.35 bits per heavy atom. The van der Waals surface area contributed by atoms with Crippen LogP contribution in [0.1, 0.15) is 19.8 Å². The molecule has 1 unspecified atom stereocenters. The third kappa shape index (κ3) is 4.08. The van der Waals surface area contributed by atoms with Gasteiger partial charge in [0.1, 0.15) is 6.04 Å². The van der Waals surface area contributed by atoms with Crippen molar-refractivity contribution in [3.63, 3.8) is 0 Å². The summed E-state index contributed by atoms with van der Waals surface area (Å²) < 4.78 is 50.8. The molecule has 1 aromatic rings. The van der Waals surface area contributed by atoms with E-state index in [1.807, 2.05) is 0 Å². The van der Waals surface area contributed by atoms with Crippen molar-refractivity contribution >= 4 is 37.5 Å². The van der Waals surface area contributed by atoms with Gasteiger partial charge >= 0.3 is 0 Å². The van der Waals surface area contributed by atoms with Gasteiger partial charge < -0.3 is 5.32 Å². The Hall–Kier alpha value is -1.10. The van der Waals surface area contributed by atoms with Crippen molar-refractivity contribution in [1.29, 1.82) is 0 Å². The summed E-state index contributed by atoms with van der Waals surface area (Å²) in [6, 6.07) is 4.46. The Morgan fingerprint density at radius 1 is 1.15 bits per heavy atom. The fraction of sp³-hybridized carbons (Fsp3) is 0.562. The second-order valence-electron chi connectivity index (χ2n) is 6.47. The van der Waals surface area contributed by atoms with Gasteiger partial charge in [0.25, 0.3) is 0 Å². The van der Waals surface area contributed by atoms with Crippen molar-refractivity contribution in [3.8, 4) is 0 Å². The standard InChI is InChI=1S/C16H22N2O5S3/c1-2-25(20,21)13-5-7-14(8-6-13)26(22,23)18-11-24-10-15(18)16(19)17-9-12-3-4-12/h5-8,12,15H,2-4,9-11H2,1H3,(H,17,19). The number of hydrogen-bond donors (Lipinski definition) is 1. The second-order valence-corrected chi connectivity index (χ2v) is 11.6. The summed E-state index contributed by atoms with van der Waals surface area (Å²) in [5.41, 5.74) is 0. The fourth-order valence-electron chi connectivity index (χ4n) is 2.68. The van der Waals surface area contributed by atoms with E-state index in [1.54, 1.807) is 0 Å². The maximum absolute atomic E-state index is 12.9. The van der Waals surface area contributed by atoms with Crippen molar-refractivity contribution in [1.82, 2.24) is 9.62 Å². The molecule has 7 nitrogen and oxygen atoms in total. The van der Waals surface area contributed by atoms with Gasteiger partial charge in [-0.05, 0) is 43.0 Å². The summed E-state index contributed by atoms with van der Waals surface area (Å²) in [5.74, 6) is 0.823. The van der Waals surface area contributed by atoms with Gasteiger partial charge in [0, 0.05) is 12.3 Å². The molecule has 144 valence electrons. The number of thioether (sulfide) groups is 1. The topological polar surface area (TPSA) is 101 Å². The van der Waals surface area contributed by atoms with Crippen LogP contribution in [0, 0.1) is 5.92 Å². The number of carbonyl (C=O) groups excluding carboxylic acids is 1. The SMILES string of the molecule is CCS(=O)(=O)c1ccc(S(=O)(=O)N2CSCC2C(=O)NCC2CC2)cc1. The van der Waals surface area contributed by atoms with Gasteiger partial charge in [-0.25, -0.2) is 16.8 Å². The number of rotatable bonds is 7. The van der Waals surface area contributed by atoms with E-state index in [9.17, 15) is 21.6 Å². The molecule has 1 N–H and O–H groups in total. The summed E-state index contributed by atoms with van der Waals surface area (Å²) in [6.07, 6.45) is 2.21. The van der Waals surface area contributed by atoms with Gasteiger partial charge in [-0.2, -0.15) is 4.31 Å². The summed E-state index contributed by atoms with van der Waals surface area (Å²) in [4.78, 5) is 12.5. The number of amides is 1. The smallest absolute Gasteiger partial charge is 0.244 e. The molecule has 1 heterocycles. The molecule has 0 aromatic heterocycles. The van der Waals surface area contributed by atoms with Crippen molar-refractivity contribution < 1.29 is 21.6 Å². The highest BCUT2D eigenvalue weighted by atomic mass is 32.2. The van der Waals surface area contributed by atoms with Crippen LogP contribution in [0.5, 0.6) is 0 Å². The average molecular weight is 419 g/mol. The number of sulfone groups is 1. The van der Waals surface area contributed by atoms with Crippen molar-refractivity contribution in [2.45, 2.75) is 35.6 Å². The third-order valence-corrected chi connectivity index (χ3v) is 9.37. The van der Waals surface area contributed by atoms with Crippen LogP contribution in [0.3, 0.4) is 0 Å². The minimum atomic E-state index is -3.87. The quantitative estimate of drug-likeness (QED) is 0.711. The predicted octanol–water partition coefficient (Wildman–Crippen LogP) is 1.07. The Morgan fingerprint density at radius 2 is 1.77 bits per heavy atom. The van der Waals surface area contributed by atoms with Crippen molar-refractivity contribution in [2.75, 3.05) is 23.9 Å². The lowest BCUT2D eigenvalue weighted by molar-refractivity contribution is -0.123. The second kappa shape index (κ2) is 7.49. The summed E-state index contributed by atoms with van der Waals surface area (Å²) in [6.45, 7) is 2.13. The number of sulfonamides is 1. The van der Waals surface area contributed by atoms with Gasteiger partial charge in [-0.1, -0.05) is 6.92 Å². The lowest BCUT2D eigenvalue weighted by atomic mass is 10.3. The maximum Gasteiger partial charge on any atom is 0.244 e. The molecule has 1 amide bonds. The zero-order valence-electron chi connectivity index (χ0n) is 14.4. The van der Waals surface area contributed by atoms with E-state index in [-0.39, 0.29) is 27.3 Å². The molecule has 0 bridgehead atoms. The molecular weight excluding hydrogens is 396 g/mol. The highest BCUT2D eigenvalue weighted by molar-refractivity contribution is 8.00. The lowest BCUT2D eigenvalue weighted by Crippen LogP contribution is -2.47. The monoisotopic (exact) mass is 418 g/mol. The van der Waals surface area contributed by atoms with Crippen LogP contribution in [0.4, 0.5) is 0 Å². The highest BCUT2D eigenvalue weighted by Crippen LogP contribution is 2.30. The molecule has 2 fully saturated rings. The van der Waals surface area contributed by atoms with Gasteiger partial charge in [0.15, 0.2) is 9.84 Å². The zero-order valence-corrected chi connectivity index (χ0v) is 16.9. The predicted molar refractivity (Wildman–Crippen MR) is 100 cm³/mol. The van der Waals surface area contributed by atoms with Gasteiger partial charge in [0.2, 0.25) is 15.9 Å². The summed E-state index contributed by atoms with van der Waals surface area (Å²) in [5, 5.41) is 2.84. The van der Waals surface area contributed by atoms with E-state index in [4.69, 9.17) is 0 Å². The largest absolute Gasteiger partial charge is 0.354 e. The number of nitrogens with zero attached hydrogens (tertiary/aromatic N) is 1. The van der Waals surface area contributed by atoms with Gasteiger partial charge in [-0.15, -0.1) is 11.8 Å². The number of benzene rings is 1. The Kier molecular flexibility index (Phi) is 5.66. The zero-order chi connectivity index (χ0) is 18.9. The molecule has 1 aliphatic heterocycles. The minimum absolute atomic E-state index is 0.00459. The van der Waals surface area contributed by atoms with Gasteiger partial charge in [-0.3, -0.25) is 4.79 Å². The van der Waals surface area contributed by atoms with Crippen LogP contribution in [-0.2, 0) is 24.7 Å². The summed E-state index contributed by atoms with van der Waals surface area (Å²) in [7, 11) is -7.26. The van der Waals surface area contributed by atoms with Gasteiger partial charge in [0.05, 0.1) is 21.4 Å². The van der Waals surface area contributed by atoms with E-state index < -0.39 is 25.9 Å². The van der Waals surface area contributed by atoms with Crippen molar-refractivity contribution in [2.24, 2.45) is 5.92 Å². The lowest BCUT2D eigenvalue weighted by Gasteiger charge is -2.22. The molecular formula is C16H22N2O5S3. The van der Waals surface area contributed by atoms with Crippen LogP contribution in [-0.4, -0.2) is 57.0 Å². The molecule has 1 aliphatic carbocycles. The van der Waals surface area contributed by atoms with E-state index in [2.05, 4.69) is 5.32 Å². The Balaban J connectivity index is 1.78. The summed E-state index contributed by atoms with van der Waals surface area (Å²) >= 11 is 1.39.